The van der Waals surface area contributed by atoms with Gasteiger partial charge in [0.05, 0.1) is 25.3 Å². The van der Waals surface area contributed by atoms with E-state index in [2.05, 4.69) is 15.2 Å². The van der Waals surface area contributed by atoms with E-state index < -0.39 is 40.0 Å². The lowest BCUT2D eigenvalue weighted by Crippen LogP contribution is -2.45. The summed E-state index contributed by atoms with van der Waals surface area (Å²) in [4.78, 5) is 24.9. The van der Waals surface area contributed by atoms with Crippen molar-refractivity contribution in [3.05, 3.63) is 82.0 Å². The maximum absolute atomic E-state index is 13.9. The minimum atomic E-state index is -4.90. The second kappa shape index (κ2) is 9.40. The first-order chi connectivity index (χ1) is 16.9. The van der Waals surface area contributed by atoms with Crippen molar-refractivity contribution < 1.29 is 32.7 Å². The zero-order chi connectivity index (χ0) is 26.3. The number of benzene rings is 2. The number of ether oxygens (including phenoxy) is 1. The van der Waals surface area contributed by atoms with Crippen LogP contribution in [0.15, 0.2) is 48.5 Å². The third-order valence-electron chi connectivity index (χ3n) is 6.20. The highest BCUT2D eigenvalue weighted by molar-refractivity contribution is 6.00. The van der Waals surface area contributed by atoms with Gasteiger partial charge in [0.25, 0.3) is 11.7 Å². The van der Waals surface area contributed by atoms with Crippen molar-refractivity contribution in [2.45, 2.75) is 39.2 Å². The average Bonchev–Trinajstić information content (AvgIpc) is 3.37. The van der Waals surface area contributed by atoms with Crippen molar-refractivity contribution in [3.63, 3.8) is 0 Å². The minimum absolute atomic E-state index is 0.0184. The Morgan fingerprint density at radius 2 is 1.92 bits per heavy atom. The summed E-state index contributed by atoms with van der Waals surface area (Å²) in [6.07, 6.45) is -4.90. The van der Waals surface area contributed by atoms with Crippen LogP contribution >= 0.6 is 0 Å². The van der Waals surface area contributed by atoms with Crippen LogP contribution in [0.2, 0.25) is 0 Å². The molecule has 4 rings (SSSR count). The molecule has 8 nitrogen and oxygen atoms in total. The number of carbonyl (C=O) groups is 2. The molecule has 2 atom stereocenters. The highest BCUT2D eigenvalue weighted by Crippen LogP contribution is 2.41. The Bertz CT molecular complexity index is 1300. The maximum atomic E-state index is 13.9. The molecule has 0 saturated heterocycles. The Labute approximate surface area is 205 Å². The van der Waals surface area contributed by atoms with Crippen molar-refractivity contribution in [1.29, 1.82) is 0 Å². The predicted molar refractivity (Wildman–Crippen MR) is 124 cm³/mol. The summed E-state index contributed by atoms with van der Waals surface area (Å²) in [6, 6.07) is 12.7. The number of hydroxylamine groups is 2. The molecule has 1 aliphatic heterocycles. The summed E-state index contributed by atoms with van der Waals surface area (Å²) in [5.41, 5.74) is 0.473. The molecular weight excluding hydrogens is 477 g/mol. The summed E-state index contributed by atoms with van der Waals surface area (Å²) in [5, 5.41) is 17.7. The summed E-state index contributed by atoms with van der Waals surface area (Å²) >= 11 is 0. The van der Waals surface area contributed by atoms with Gasteiger partial charge in [-0.1, -0.05) is 42.0 Å². The van der Waals surface area contributed by atoms with Gasteiger partial charge >= 0.3 is 12.1 Å². The number of aryl methyl sites for hydroxylation is 1. The number of methoxy groups -OCH3 is 1. The molecule has 11 heteroatoms. The fraction of sp³-hybridized carbons (Fsp3) is 0.320. The van der Waals surface area contributed by atoms with E-state index in [4.69, 9.17) is 0 Å². The van der Waals surface area contributed by atoms with Crippen LogP contribution in [0.4, 0.5) is 19.0 Å². The monoisotopic (exact) mass is 503 g/mol. The number of carbonyl (C=O) groups excluding carboxylic acids is 2. The molecular formula is C25H26F3N4O4+. The number of hydrogen-bond acceptors (Lipinski definition) is 5. The second-order valence-electron chi connectivity index (χ2n) is 8.87. The molecule has 0 fully saturated rings. The van der Waals surface area contributed by atoms with Crippen LogP contribution in [0.1, 0.15) is 56.1 Å². The number of quaternary nitrogens is 1. The highest BCUT2D eigenvalue weighted by atomic mass is 19.4. The maximum Gasteiger partial charge on any atom is 0.436 e. The Balaban J connectivity index is 1.68. The van der Waals surface area contributed by atoms with Crippen molar-refractivity contribution in [2.24, 2.45) is 0 Å². The quantitative estimate of drug-likeness (QED) is 0.384. The molecule has 0 aliphatic carbocycles. The lowest BCUT2D eigenvalue weighted by atomic mass is 10.1. The zero-order valence-electron chi connectivity index (χ0n) is 20.0. The molecule has 36 heavy (non-hydrogen) atoms. The van der Waals surface area contributed by atoms with Gasteiger partial charge in [0, 0.05) is 5.56 Å². The number of amides is 1. The Hall–Kier alpha value is -3.70. The van der Waals surface area contributed by atoms with Crippen molar-refractivity contribution in [3.8, 4) is 0 Å². The van der Waals surface area contributed by atoms with Crippen LogP contribution in [-0.4, -0.2) is 40.5 Å². The number of fused-ring (bicyclic) bond motifs is 1. The molecule has 3 aromatic rings. The van der Waals surface area contributed by atoms with E-state index in [9.17, 15) is 28.0 Å². The molecule has 2 heterocycles. The number of rotatable bonds is 6. The lowest BCUT2D eigenvalue weighted by Gasteiger charge is -2.25. The van der Waals surface area contributed by atoms with Crippen LogP contribution in [0.5, 0.6) is 0 Å². The number of hydrogen-bond donors (Lipinski definition) is 2. The number of nitrogens with zero attached hydrogens (tertiary/aromatic N) is 3. The molecule has 1 aromatic heterocycles. The van der Waals surface area contributed by atoms with Crippen molar-refractivity contribution in [2.75, 3.05) is 13.7 Å². The summed E-state index contributed by atoms with van der Waals surface area (Å²) in [6.45, 7) is 3.56. The van der Waals surface area contributed by atoms with Crippen molar-refractivity contribution in [1.82, 2.24) is 19.7 Å². The average molecular weight is 504 g/mol. The number of esters is 1. The first-order valence-electron chi connectivity index (χ1n) is 11.3. The van der Waals surface area contributed by atoms with E-state index in [1.165, 1.54) is 19.2 Å². The number of alkyl halides is 3. The van der Waals surface area contributed by atoms with Crippen LogP contribution in [0.25, 0.3) is 0 Å². The van der Waals surface area contributed by atoms with E-state index in [1.54, 1.807) is 31.2 Å². The standard InChI is InChI=1S/C25H25F3N4O4/c1-15-5-4-6-17(13-15)14-32(35)12-11-31-23(32)20(21(30-31)25(26,27)28)22(33)29-16(2)18-7-9-19(10-8-18)24(34)36-3/h4-10,13,16,35H,11-12,14H2,1-3H3/p+1. The molecule has 1 aliphatic rings. The molecule has 0 saturated carbocycles. The van der Waals surface area contributed by atoms with Crippen LogP contribution in [-0.2, 0) is 24.0 Å². The van der Waals surface area contributed by atoms with Crippen LogP contribution in [0.3, 0.4) is 0 Å². The predicted octanol–water partition coefficient (Wildman–Crippen LogP) is 4.40. The van der Waals surface area contributed by atoms with Crippen LogP contribution < -0.4 is 9.96 Å². The lowest BCUT2D eigenvalue weighted by molar-refractivity contribution is -0.142. The van der Waals surface area contributed by atoms with Gasteiger partial charge in [-0.15, -0.1) is 4.65 Å². The fourth-order valence-electron chi connectivity index (χ4n) is 4.45. The van der Waals surface area contributed by atoms with E-state index >= 15 is 0 Å². The third-order valence-corrected chi connectivity index (χ3v) is 6.20. The highest BCUT2D eigenvalue weighted by Gasteiger charge is 2.51. The van der Waals surface area contributed by atoms with Crippen LogP contribution in [0, 0.1) is 6.92 Å². The van der Waals surface area contributed by atoms with E-state index in [0.29, 0.717) is 16.7 Å². The Morgan fingerprint density at radius 1 is 1.22 bits per heavy atom. The van der Waals surface area contributed by atoms with Gasteiger partial charge in [0.15, 0.2) is 11.3 Å². The number of aromatic nitrogens is 2. The summed E-state index contributed by atoms with van der Waals surface area (Å²) in [5.74, 6) is -1.74. The van der Waals surface area contributed by atoms with Gasteiger partial charge < -0.3 is 10.1 Å². The van der Waals surface area contributed by atoms with Gasteiger partial charge in [-0.2, -0.15) is 18.3 Å². The first-order valence-corrected chi connectivity index (χ1v) is 11.3. The van der Waals surface area contributed by atoms with E-state index in [-0.39, 0.29) is 25.5 Å². The summed E-state index contributed by atoms with van der Waals surface area (Å²) in [7, 11) is 1.25. The summed E-state index contributed by atoms with van der Waals surface area (Å²) < 4.78 is 46.6. The van der Waals surface area contributed by atoms with E-state index in [1.807, 2.05) is 19.1 Å². The molecule has 2 N–H and O–H groups in total. The van der Waals surface area contributed by atoms with Gasteiger partial charge in [-0.25, -0.2) is 14.7 Å². The van der Waals surface area contributed by atoms with E-state index in [0.717, 1.165) is 10.2 Å². The molecule has 0 radical (unpaired) electrons. The van der Waals surface area contributed by atoms with Gasteiger partial charge in [-0.3, -0.25) is 4.79 Å². The Morgan fingerprint density at radius 3 is 2.53 bits per heavy atom. The molecule has 2 unspecified atom stereocenters. The normalized spacial score (nSPS) is 18.0. The first kappa shape index (κ1) is 25.4. The molecule has 190 valence electrons. The number of nitrogens with one attached hydrogen (secondary N) is 1. The topological polar surface area (TPSA) is 93.5 Å². The van der Waals surface area contributed by atoms with Gasteiger partial charge in [0.2, 0.25) is 0 Å². The SMILES string of the molecule is COC(=O)c1ccc(C(C)NC(=O)c2c(C(F)(F)F)nn3c2[N+](O)(Cc2cccc(C)c2)CC3)cc1. The fourth-order valence-corrected chi connectivity index (χ4v) is 4.45. The zero-order valence-corrected chi connectivity index (χ0v) is 20.0. The smallest absolute Gasteiger partial charge is 0.436 e. The second-order valence-corrected chi connectivity index (χ2v) is 8.87. The minimum Gasteiger partial charge on any atom is -0.465 e. The number of halogens is 3. The largest absolute Gasteiger partial charge is 0.465 e. The molecule has 0 spiro atoms. The molecule has 2 aromatic carbocycles. The van der Waals surface area contributed by atoms with Gasteiger partial charge in [0.1, 0.15) is 13.1 Å². The van der Waals surface area contributed by atoms with Crippen molar-refractivity contribution >= 4 is 17.7 Å². The third kappa shape index (κ3) is 4.84. The molecule has 1 amide bonds. The Kier molecular flexibility index (Phi) is 6.63. The van der Waals surface area contributed by atoms with Gasteiger partial charge in [-0.05, 0) is 31.5 Å². The molecule has 0 bridgehead atoms.